The standard InChI is InChI=1S/C12H15Cl2N5S/c13-9-4-8(10(14)20-9)11-16-12(18-17-11)19-3-1-2-7(5-15)6-19/h4,7H,1-3,5-6,15H2,(H,16,17,18). The molecule has 0 saturated carbocycles. The first-order valence-corrected chi connectivity index (χ1v) is 8.07. The van der Waals surface area contributed by atoms with Gasteiger partial charge in [0.2, 0.25) is 5.95 Å². The predicted molar refractivity (Wildman–Crippen MR) is 83.7 cm³/mol. The number of anilines is 1. The minimum absolute atomic E-state index is 0.518. The summed E-state index contributed by atoms with van der Waals surface area (Å²) >= 11 is 13.4. The molecule has 2 aromatic heterocycles. The molecule has 5 nitrogen and oxygen atoms in total. The third kappa shape index (κ3) is 2.79. The van der Waals surface area contributed by atoms with Gasteiger partial charge in [-0.1, -0.05) is 23.2 Å². The molecule has 1 atom stereocenters. The molecule has 0 amide bonds. The number of thiophene rings is 1. The van der Waals surface area contributed by atoms with Crippen LogP contribution >= 0.6 is 34.5 Å². The molecule has 0 spiro atoms. The van der Waals surface area contributed by atoms with E-state index in [0.717, 1.165) is 25.1 Å². The second-order valence-electron chi connectivity index (χ2n) is 4.91. The van der Waals surface area contributed by atoms with E-state index in [9.17, 15) is 0 Å². The molecule has 1 fully saturated rings. The fraction of sp³-hybridized carbons (Fsp3) is 0.500. The lowest BCUT2D eigenvalue weighted by Gasteiger charge is -2.31. The van der Waals surface area contributed by atoms with Gasteiger partial charge in [-0.3, -0.25) is 5.10 Å². The van der Waals surface area contributed by atoms with Crippen LogP contribution < -0.4 is 10.6 Å². The van der Waals surface area contributed by atoms with Crippen molar-refractivity contribution in [3.63, 3.8) is 0 Å². The number of hydrogen-bond donors (Lipinski definition) is 2. The summed E-state index contributed by atoms with van der Waals surface area (Å²) in [7, 11) is 0. The van der Waals surface area contributed by atoms with Gasteiger partial charge in [0.15, 0.2) is 5.82 Å². The van der Waals surface area contributed by atoms with Crippen LogP contribution in [0.1, 0.15) is 12.8 Å². The average Bonchev–Trinajstić information content (AvgIpc) is 3.05. The summed E-state index contributed by atoms with van der Waals surface area (Å²) in [6, 6.07) is 1.80. The fourth-order valence-corrected chi connectivity index (χ4v) is 3.92. The summed E-state index contributed by atoms with van der Waals surface area (Å²) in [4.78, 5) is 6.70. The maximum absolute atomic E-state index is 6.14. The van der Waals surface area contributed by atoms with Crippen molar-refractivity contribution in [1.82, 2.24) is 15.2 Å². The van der Waals surface area contributed by atoms with Crippen molar-refractivity contribution in [2.24, 2.45) is 11.7 Å². The van der Waals surface area contributed by atoms with E-state index in [4.69, 9.17) is 28.9 Å². The number of nitrogens with zero attached hydrogens (tertiary/aromatic N) is 3. The number of nitrogens with one attached hydrogen (secondary N) is 1. The van der Waals surface area contributed by atoms with Gasteiger partial charge in [0.25, 0.3) is 0 Å². The maximum Gasteiger partial charge on any atom is 0.245 e. The molecule has 1 saturated heterocycles. The molecule has 0 radical (unpaired) electrons. The van der Waals surface area contributed by atoms with Crippen LogP contribution in [0.2, 0.25) is 8.67 Å². The Hall–Kier alpha value is -0.820. The maximum atomic E-state index is 6.14. The number of nitrogens with two attached hydrogens (primary N) is 1. The summed E-state index contributed by atoms with van der Waals surface area (Å²) in [5.41, 5.74) is 6.56. The van der Waals surface area contributed by atoms with E-state index in [1.54, 1.807) is 6.07 Å². The summed E-state index contributed by atoms with van der Waals surface area (Å²) in [5, 5.41) is 7.22. The van der Waals surface area contributed by atoms with Crippen LogP contribution in [0, 0.1) is 5.92 Å². The molecular formula is C12H15Cl2N5S. The highest BCUT2D eigenvalue weighted by Crippen LogP contribution is 2.37. The lowest BCUT2D eigenvalue weighted by molar-refractivity contribution is 0.420. The minimum Gasteiger partial charge on any atom is -0.339 e. The third-order valence-corrected chi connectivity index (χ3v) is 5.01. The van der Waals surface area contributed by atoms with Crippen LogP contribution in [-0.4, -0.2) is 34.8 Å². The number of piperidine rings is 1. The van der Waals surface area contributed by atoms with E-state index >= 15 is 0 Å². The zero-order valence-electron chi connectivity index (χ0n) is 10.8. The molecule has 3 N–H and O–H groups in total. The van der Waals surface area contributed by atoms with Crippen LogP contribution in [0.15, 0.2) is 6.07 Å². The lowest BCUT2D eigenvalue weighted by Crippen LogP contribution is -2.38. The molecule has 2 aromatic rings. The highest BCUT2D eigenvalue weighted by atomic mass is 35.5. The molecule has 108 valence electrons. The Bertz CT molecular complexity index is 596. The molecule has 3 rings (SSSR count). The number of hydrogen-bond acceptors (Lipinski definition) is 5. The summed E-state index contributed by atoms with van der Waals surface area (Å²) in [5.74, 6) is 1.88. The molecule has 0 aliphatic carbocycles. The van der Waals surface area contributed by atoms with Crippen molar-refractivity contribution in [2.45, 2.75) is 12.8 Å². The van der Waals surface area contributed by atoms with Crippen LogP contribution in [0.4, 0.5) is 5.95 Å². The van der Waals surface area contributed by atoms with Crippen molar-refractivity contribution in [1.29, 1.82) is 0 Å². The predicted octanol–water partition coefficient (Wildman–Crippen LogP) is 3.02. The molecular weight excluding hydrogens is 317 g/mol. The smallest absolute Gasteiger partial charge is 0.245 e. The van der Waals surface area contributed by atoms with Gasteiger partial charge in [0, 0.05) is 18.7 Å². The summed E-state index contributed by atoms with van der Waals surface area (Å²) < 4.78 is 1.26. The minimum atomic E-state index is 0.518. The third-order valence-electron chi connectivity index (χ3n) is 3.52. The van der Waals surface area contributed by atoms with E-state index in [1.165, 1.54) is 17.8 Å². The van der Waals surface area contributed by atoms with Gasteiger partial charge in [-0.15, -0.1) is 16.4 Å². The zero-order chi connectivity index (χ0) is 14.1. The molecule has 1 unspecified atom stereocenters. The summed E-state index contributed by atoms with van der Waals surface area (Å²) in [6.45, 7) is 2.58. The molecule has 0 aromatic carbocycles. The van der Waals surface area contributed by atoms with Crippen molar-refractivity contribution >= 4 is 40.5 Å². The van der Waals surface area contributed by atoms with Gasteiger partial charge < -0.3 is 10.6 Å². The number of halogens is 2. The number of aromatic amines is 1. The molecule has 0 bridgehead atoms. The van der Waals surface area contributed by atoms with Crippen LogP contribution in [0.3, 0.4) is 0 Å². The van der Waals surface area contributed by atoms with Gasteiger partial charge >= 0.3 is 0 Å². The molecule has 8 heteroatoms. The first kappa shape index (κ1) is 14.1. The largest absolute Gasteiger partial charge is 0.339 e. The second kappa shape index (κ2) is 5.89. The van der Waals surface area contributed by atoms with Gasteiger partial charge in [-0.05, 0) is 31.4 Å². The Morgan fingerprint density at radius 3 is 3.05 bits per heavy atom. The Morgan fingerprint density at radius 2 is 2.35 bits per heavy atom. The van der Waals surface area contributed by atoms with Crippen molar-refractivity contribution in [3.8, 4) is 11.4 Å². The molecule has 3 heterocycles. The van der Waals surface area contributed by atoms with Gasteiger partial charge in [-0.2, -0.15) is 4.98 Å². The molecule has 20 heavy (non-hydrogen) atoms. The first-order chi connectivity index (χ1) is 9.67. The average molecular weight is 332 g/mol. The second-order valence-corrected chi connectivity index (χ2v) is 7.20. The van der Waals surface area contributed by atoms with E-state index < -0.39 is 0 Å². The highest BCUT2D eigenvalue weighted by molar-refractivity contribution is 7.20. The Balaban J connectivity index is 1.81. The fourth-order valence-electron chi connectivity index (χ4n) is 2.46. The Labute approximate surface area is 131 Å². The van der Waals surface area contributed by atoms with Crippen molar-refractivity contribution in [2.75, 3.05) is 24.5 Å². The molecule has 1 aliphatic heterocycles. The number of H-pyrrole nitrogens is 1. The molecule has 1 aliphatic rings. The quantitative estimate of drug-likeness (QED) is 0.906. The van der Waals surface area contributed by atoms with E-state index in [1.807, 2.05) is 0 Å². The topological polar surface area (TPSA) is 70.8 Å². The Morgan fingerprint density at radius 1 is 1.50 bits per heavy atom. The zero-order valence-corrected chi connectivity index (χ0v) is 13.1. The van der Waals surface area contributed by atoms with Gasteiger partial charge in [-0.25, -0.2) is 0 Å². The number of aromatic nitrogens is 3. The number of rotatable bonds is 3. The summed E-state index contributed by atoms with van der Waals surface area (Å²) in [6.07, 6.45) is 2.30. The van der Waals surface area contributed by atoms with E-state index in [0.29, 0.717) is 32.9 Å². The lowest BCUT2D eigenvalue weighted by atomic mass is 9.99. The first-order valence-electron chi connectivity index (χ1n) is 6.50. The monoisotopic (exact) mass is 331 g/mol. The van der Waals surface area contributed by atoms with Crippen LogP contribution in [0.5, 0.6) is 0 Å². The van der Waals surface area contributed by atoms with E-state index in [2.05, 4.69) is 20.1 Å². The Kier molecular flexibility index (Phi) is 4.16. The van der Waals surface area contributed by atoms with Crippen LogP contribution in [-0.2, 0) is 0 Å². The van der Waals surface area contributed by atoms with Crippen molar-refractivity contribution < 1.29 is 0 Å². The van der Waals surface area contributed by atoms with Gasteiger partial charge in [0.05, 0.1) is 4.34 Å². The SMILES string of the molecule is NCC1CCCN(c2n[nH]c(-c3cc(Cl)sc3Cl)n2)C1. The van der Waals surface area contributed by atoms with Crippen LogP contribution in [0.25, 0.3) is 11.4 Å². The van der Waals surface area contributed by atoms with Crippen molar-refractivity contribution in [3.05, 3.63) is 14.7 Å². The van der Waals surface area contributed by atoms with Gasteiger partial charge in [0.1, 0.15) is 4.34 Å². The normalized spacial score (nSPS) is 19.6. The van der Waals surface area contributed by atoms with E-state index in [-0.39, 0.29) is 0 Å². The highest BCUT2D eigenvalue weighted by Gasteiger charge is 2.22.